The molecule has 0 aromatic rings. The van der Waals surface area contributed by atoms with Gasteiger partial charge < -0.3 is 4.74 Å². The van der Waals surface area contributed by atoms with Crippen LogP contribution < -0.4 is 5.32 Å². The first-order chi connectivity index (χ1) is 8.43. The number of carbonyl (C=O) groups is 3. The van der Waals surface area contributed by atoms with E-state index < -0.39 is 23.3 Å². The number of nitrogens with zero attached hydrogens (tertiary/aromatic N) is 1. The number of hydrogen-bond acceptors (Lipinski definition) is 4. The number of rotatable bonds is 3. The summed E-state index contributed by atoms with van der Waals surface area (Å²) in [6, 6.07) is -0.623. The molecule has 4 amide bonds. The van der Waals surface area contributed by atoms with Crippen LogP contribution in [0.2, 0.25) is 0 Å². The lowest BCUT2D eigenvalue weighted by molar-refractivity contribution is -0.149. The third kappa shape index (κ3) is 2.25. The Morgan fingerprint density at radius 3 is 2.72 bits per heavy atom. The van der Waals surface area contributed by atoms with Crippen LogP contribution in [-0.2, 0) is 14.3 Å². The number of hydrogen-bond donors (Lipinski definition) is 1. The summed E-state index contributed by atoms with van der Waals surface area (Å²) in [6.45, 7) is 4.09. The van der Waals surface area contributed by atoms with Crippen molar-refractivity contribution in [3.05, 3.63) is 0 Å². The van der Waals surface area contributed by atoms with Crippen LogP contribution in [0.4, 0.5) is 4.79 Å². The van der Waals surface area contributed by atoms with Gasteiger partial charge in [-0.05, 0) is 33.1 Å². The first-order valence-corrected chi connectivity index (χ1v) is 6.22. The molecule has 2 aliphatic heterocycles. The van der Waals surface area contributed by atoms with E-state index >= 15 is 0 Å². The monoisotopic (exact) mass is 254 g/mol. The molecule has 100 valence electrons. The van der Waals surface area contributed by atoms with Crippen molar-refractivity contribution < 1.29 is 19.1 Å². The molecule has 0 spiro atoms. The Balaban J connectivity index is 2.00. The second kappa shape index (κ2) is 4.68. The topological polar surface area (TPSA) is 75.7 Å². The molecule has 0 aliphatic carbocycles. The van der Waals surface area contributed by atoms with E-state index in [0.717, 1.165) is 24.3 Å². The van der Waals surface area contributed by atoms with Crippen molar-refractivity contribution in [2.75, 3.05) is 13.2 Å². The molecule has 2 rings (SSSR count). The third-order valence-electron chi connectivity index (χ3n) is 3.51. The van der Waals surface area contributed by atoms with Gasteiger partial charge in [0.05, 0.1) is 6.10 Å². The second-order valence-electron chi connectivity index (χ2n) is 5.26. The maximum absolute atomic E-state index is 12.1. The highest BCUT2D eigenvalue weighted by Gasteiger charge is 2.46. The van der Waals surface area contributed by atoms with E-state index in [2.05, 4.69) is 5.32 Å². The molecule has 0 aromatic heterocycles. The van der Waals surface area contributed by atoms with E-state index in [9.17, 15) is 14.4 Å². The highest BCUT2D eigenvalue weighted by atomic mass is 16.5. The summed E-state index contributed by atoms with van der Waals surface area (Å²) in [6.07, 6.45) is 2.73. The fourth-order valence-electron chi connectivity index (χ4n) is 2.20. The molecule has 1 N–H and O–H groups in total. The molecule has 0 aromatic carbocycles. The van der Waals surface area contributed by atoms with Crippen molar-refractivity contribution in [3.63, 3.8) is 0 Å². The Morgan fingerprint density at radius 1 is 1.39 bits per heavy atom. The number of carbonyl (C=O) groups excluding carboxylic acids is 3. The summed E-state index contributed by atoms with van der Waals surface area (Å²) < 4.78 is 5.45. The number of ether oxygens (including phenoxy) is 1. The van der Waals surface area contributed by atoms with Gasteiger partial charge >= 0.3 is 6.03 Å². The molecule has 2 aliphatic rings. The van der Waals surface area contributed by atoms with Gasteiger partial charge in [-0.3, -0.25) is 19.8 Å². The SMILES string of the molecule is CC1(C)C(=O)NC(=O)N(CCC2CCCO2)C1=O. The van der Waals surface area contributed by atoms with Crippen LogP contribution >= 0.6 is 0 Å². The summed E-state index contributed by atoms with van der Waals surface area (Å²) in [5.41, 5.74) is -1.18. The van der Waals surface area contributed by atoms with Crippen LogP contribution in [0.15, 0.2) is 0 Å². The minimum absolute atomic E-state index is 0.117. The summed E-state index contributed by atoms with van der Waals surface area (Å²) in [4.78, 5) is 36.4. The zero-order valence-corrected chi connectivity index (χ0v) is 10.7. The van der Waals surface area contributed by atoms with Gasteiger partial charge in [-0.15, -0.1) is 0 Å². The molecule has 1 unspecified atom stereocenters. The Hall–Kier alpha value is -1.43. The van der Waals surface area contributed by atoms with Crippen molar-refractivity contribution >= 4 is 17.8 Å². The average Bonchev–Trinajstić information content (AvgIpc) is 2.80. The molecule has 2 heterocycles. The molecule has 2 saturated heterocycles. The van der Waals surface area contributed by atoms with Crippen LogP contribution in [0.3, 0.4) is 0 Å². The van der Waals surface area contributed by atoms with E-state index in [1.165, 1.54) is 13.8 Å². The van der Waals surface area contributed by atoms with E-state index in [4.69, 9.17) is 4.74 Å². The van der Waals surface area contributed by atoms with Gasteiger partial charge in [0.2, 0.25) is 11.8 Å². The Morgan fingerprint density at radius 2 is 2.11 bits per heavy atom. The molecule has 6 nitrogen and oxygen atoms in total. The highest BCUT2D eigenvalue weighted by molar-refractivity contribution is 6.18. The standard InChI is InChI=1S/C12H18N2O4/c1-12(2)9(15)13-11(17)14(10(12)16)6-5-8-4-3-7-18-8/h8H,3-7H2,1-2H3,(H,13,15,17). The number of barbiturate groups is 1. The van der Waals surface area contributed by atoms with Crippen molar-refractivity contribution in [1.29, 1.82) is 0 Å². The minimum Gasteiger partial charge on any atom is -0.378 e. The number of urea groups is 1. The fraction of sp³-hybridized carbons (Fsp3) is 0.750. The second-order valence-corrected chi connectivity index (χ2v) is 5.26. The number of nitrogens with one attached hydrogen (secondary N) is 1. The lowest BCUT2D eigenvalue weighted by Gasteiger charge is -2.34. The third-order valence-corrected chi connectivity index (χ3v) is 3.51. The van der Waals surface area contributed by atoms with Gasteiger partial charge in [0.15, 0.2) is 0 Å². The molecule has 18 heavy (non-hydrogen) atoms. The van der Waals surface area contributed by atoms with Gasteiger partial charge in [0, 0.05) is 13.2 Å². The summed E-state index contributed by atoms with van der Waals surface area (Å²) >= 11 is 0. The van der Waals surface area contributed by atoms with Crippen LogP contribution in [0.25, 0.3) is 0 Å². The van der Waals surface area contributed by atoms with Crippen LogP contribution in [-0.4, -0.2) is 42.0 Å². The van der Waals surface area contributed by atoms with Crippen molar-refractivity contribution in [3.8, 4) is 0 Å². The lowest BCUT2D eigenvalue weighted by atomic mass is 9.88. The van der Waals surface area contributed by atoms with Crippen molar-refractivity contribution in [1.82, 2.24) is 10.2 Å². The minimum atomic E-state index is -1.18. The van der Waals surface area contributed by atoms with Gasteiger partial charge in [-0.1, -0.05) is 0 Å². The van der Waals surface area contributed by atoms with Crippen molar-refractivity contribution in [2.24, 2.45) is 5.41 Å². The molecule has 0 radical (unpaired) electrons. The number of amides is 4. The van der Waals surface area contributed by atoms with Crippen LogP contribution in [0.5, 0.6) is 0 Å². The summed E-state index contributed by atoms with van der Waals surface area (Å²) in [5.74, 6) is -0.972. The smallest absolute Gasteiger partial charge is 0.330 e. The predicted octanol–water partition coefficient (Wildman–Crippen LogP) is 0.660. The van der Waals surface area contributed by atoms with Crippen LogP contribution in [0, 0.1) is 5.41 Å². The molecule has 0 saturated carbocycles. The van der Waals surface area contributed by atoms with E-state index in [0.29, 0.717) is 13.0 Å². The van der Waals surface area contributed by atoms with Gasteiger partial charge in [0.1, 0.15) is 5.41 Å². The van der Waals surface area contributed by atoms with Crippen LogP contribution in [0.1, 0.15) is 33.1 Å². The van der Waals surface area contributed by atoms with E-state index in [-0.39, 0.29) is 6.10 Å². The first-order valence-electron chi connectivity index (χ1n) is 6.22. The average molecular weight is 254 g/mol. The largest absolute Gasteiger partial charge is 0.378 e. The molecular weight excluding hydrogens is 236 g/mol. The summed E-state index contributed by atoms with van der Waals surface area (Å²) in [7, 11) is 0. The molecular formula is C12H18N2O4. The van der Waals surface area contributed by atoms with E-state index in [1.54, 1.807) is 0 Å². The zero-order valence-electron chi connectivity index (χ0n) is 10.7. The predicted molar refractivity (Wildman–Crippen MR) is 62.6 cm³/mol. The Bertz CT molecular complexity index is 386. The van der Waals surface area contributed by atoms with E-state index in [1.807, 2.05) is 0 Å². The molecule has 2 fully saturated rings. The van der Waals surface area contributed by atoms with Crippen molar-refractivity contribution in [2.45, 2.75) is 39.2 Å². The van der Waals surface area contributed by atoms with Gasteiger partial charge in [0.25, 0.3) is 0 Å². The lowest BCUT2D eigenvalue weighted by Crippen LogP contribution is -2.62. The van der Waals surface area contributed by atoms with Gasteiger partial charge in [-0.25, -0.2) is 4.79 Å². The number of imide groups is 2. The zero-order chi connectivity index (χ0) is 13.3. The molecule has 6 heteroatoms. The normalized spacial score (nSPS) is 27.6. The highest BCUT2D eigenvalue weighted by Crippen LogP contribution is 2.24. The molecule has 1 atom stereocenters. The first kappa shape index (κ1) is 13.0. The quantitative estimate of drug-likeness (QED) is 0.751. The van der Waals surface area contributed by atoms with Gasteiger partial charge in [-0.2, -0.15) is 0 Å². The maximum Gasteiger partial charge on any atom is 0.330 e. The maximum atomic E-state index is 12.1. The fourth-order valence-corrected chi connectivity index (χ4v) is 2.20. The Labute approximate surface area is 106 Å². The molecule has 0 bridgehead atoms. The summed E-state index contributed by atoms with van der Waals surface area (Å²) in [5, 5.41) is 2.21. The Kier molecular flexibility index (Phi) is 3.38.